The number of hydrogen-bond acceptors (Lipinski definition) is 2. The fourth-order valence-corrected chi connectivity index (χ4v) is 7.12. The molecule has 1 aliphatic carbocycles. The average Bonchev–Trinajstić information content (AvgIpc) is 3.53. The summed E-state index contributed by atoms with van der Waals surface area (Å²) >= 11 is 0. The van der Waals surface area contributed by atoms with Crippen molar-refractivity contribution in [3.05, 3.63) is 150 Å². The summed E-state index contributed by atoms with van der Waals surface area (Å²) in [7, 11) is 0. The summed E-state index contributed by atoms with van der Waals surface area (Å²) in [5.41, 5.74) is 12.3. The van der Waals surface area contributed by atoms with Gasteiger partial charge in [0.1, 0.15) is 11.8 Å². The number of hydrogen-bond donors (Lipinski definition) is 0. The van der Waals surface area contributed by atoms with Crippen LogP contribution in [0.15, 0.2) is 121 Å². The van der Waals surface area contributed by atoms with E-state index in [1.165, 1.54) is 33.0 Å². The minimum absolute atomic E-state index is 0.169. The molecule has 0 amide bonds. The van der Waals surface area contributed by atoms with Crippen LogP contribution in [0, 0.1) is 17.9 Å². The van der Waals surface area contributed by atoms with Crippen LogP contribution in [0.2, 0.25) is 0 Å². The van der Waals surface area contributed by atoms with Crippen molar-refractivity contribution in [1.82, 2.24) is 9.55 Å². The van der Waals surface area contributed by atoms with Gasteiger partial charge in [0.2, 0.25) is 5.69 Å². The first kappa shape index (κ1) is 25.7. The summed E-state index contributed by atoms with van der Waals surface area (Å²) in [4.78, 5) is 8.50. The summed E-state index contributed by atoms with van der Waals surface area (Å²) in [6.07, 6.45) is 1.73. The van der Waals surface area contributed by atoms with E-state index < -0.39 is 0 Å². The largest absolute Gasteiger partial charge is 0.319 e. The standard InChI is InChI=1S/C40H26N4/c1-40(2)32-15-9-7-13-28(32)29-18-20-37-38(39(29)40)30-14-8-10-16-35(30)44(37)36-19-17-26(22-33(36)42-3)31-21-27(24-43-34(31)23-41)25-11-5-4-6-12-25/h4-22,24H,1-2H3. The molecule has 0 unspecified atom stereocenters. The second-order valence-electron chi connectivity index (χ2n) is 11.8. The first-order valence-corrected chi connectivity index (χ1v) is 14.7. The molecule has 0 fully saturated rings. The summed E-state index contributed by atoms with van der Waals surface area (Å²) in [5, 5.41) is 12.3. The third-order valence-electron chi connectivity index (χ3n) is 9.10. The molecular weight excluding hydrogens is 536 g/mol. The highest BCUT2D eigenvalue weighted by atomic mass is 15.0. The smallest absolute Gasteiger partial charge is 0.211 e. The van der Waals surface area contributed by atoms with E-state index in [1.807, 2.05) is 54.6 Å². The van der Waals surface area contributed by atoms with Gasteiger partial charge in [-0.1, -0.05) is 98.8 Å². The SMILES string of the molecule is [C-]#[N+]c1cc(-c2cc(-c3ccccc3)cnc2C#N)ccc1-n1c2ccccc2c2c3c(ccc21)-c1ccccc1C3(C)C. The average molecular weight is 563 g/mol. The van der Waals surface area contributed by atoms with Crippen LogP contribution in [0.1, 0.15) is 30.7 Å². The maximum atomic E-state index is 9.92. The summed E-state index contributed by atoms with van der Waals surface area (Å²) in [6.45, 7) is 12.9. The third-order valence-corrected chi connectivity index (χ3v) is 9.10. The topological polar surface area (TPSA) is 46.0 Å². The van der Waals surface area contributed by atoms with Crippen molar-refractivity contribution in [3.8, 4) is 45.1 Å². The van der Waals surface area contributed by atoms with Crippen molar-refractivity contribution in [1.29, 1.82) is 5.26 Å². The lowest BCUT2D eigenvalue weighted by Crippen LogP contribution is -2.15. The molecule has 0 radical (unpaired) electrons. The molecule has 7 aromatic rings. The molecule has 44 heavy (non-hydrogen) atoms. The quantitative estimate of drug-likeness (QED) is 0.201. The van der Waals surface area contributed by atoms with E-state index in [9.17, 15) is 5.26 Å². The monoisotopic (exact) mass is 562 g/mol. The van der Waals surface area contributed by atoms with Crippen LogP contribution in [0.5, 0.6) is 0 Å². The highest BCUT2D eigenvalue weighted by Gasteiger charge is 2.38. The van der Waals surface area contributed by atoms with Crippen LogP contribution in [0.25, 0.3) is 65.7 Å². The Morgan fingerprint density at radius 1 is 0.727 bits per heavy atom. The van der Waals surface area contributed by atoms with E-state index in [0.717, 1.165) is 33.4 Å². The number of para-hydroxylation sites is 1. The van der Waals surface area contributed by atoms with Crippen molar-refractivity contribution >= 4 is 27.5 Å². The van der Waals surface area contributed by atoms with Crippen molar-refractivity contribution in [2.75, 3.05) is 0 Å². The first-order valence-electron chi connectivity index (χ1n) is 14.7. The molecule has 5 aromatic carbocycles. The fourth-order valence-electron chi connectivity index (χ4n) is 7.12. The molecule has 0 aliphatic heterocycles. The number of rotatable bonds is 3. The molecule has 206 valence electrons. The normalized spacial score (nSPS) is 12.9. The second kappa shape index (κ2) is 9.53. The molecule has 0 saturated carbocycles. The lowest BCUT2D eigenvalue weighted by molar-refractivity contribution is 0.666. The Morgan fingerprint density at radius 2 is 1.50 bits per heavy atom. The lowest BCUT2D eigenvalue weighted by Gasteiger charge is -2.22. The van der Waals surface area contributed by atoms with Crippen LogP contribution < -0.4 is 0 Å². The van der Waals surface area contributed by atoms with E-state index in [-0.39, 0.29) is 5.41 Å². The van der Waals surface area contributed by atoms with E-state index in [4.69, 9.17) is 6.57 Å². The van der Waals surface area contributed by atoms with Gasteiger partial charge in [-0.05, 0) is 63.7 Å². The van der Waals surface area contributed by atoms with Gasteiger partial charge in [-0.25, -0.2) is 9.83 Å². The first-order chi connectivity index (χ1) is 21.5. The third kappa shape index (κ3) is 3.59. The zero-order valence-electron chi connectivity index (χ0n) is 24.3. The van der Waals surface area contributed by atoms with Crippen LogP contribution in [0.3, 0.4) is 0 Å². The molecule has 2 aromatic heterocycles. The molecule has 0 saturated heterocycles. The van der Waals surface area contributed by atoms with Gasteiger partial charge in [0, 0.05) is 33.5 Å². The fraction of sp³-hybridized carbons (Fsp3) is 0.0750. The van der Waals surface area contributed by atoms with E-state index in [1.54, 1.807) is 6.20 Å². The van der Waals surface area contributed by atoms with Crippen molar-refractivity contribution in [2.24, 2.45) is 0 Å². The molecule has 8 rings (SSSR count). The molecule has 1 aliphatic rings. The molecular formula is C40H26N4. The zero-order valence-corrected chi connectivity index (χ0v) is 24.3. The molecule has 4 nitrogen and oxygen atoms in total. The Balaban J connectivity index is 1.36. The molecule has 0 bridgehead atoms. The van der Waals surface area contributed by atoms with Gasteiger partial charge in [-0.15, -0.1) is 0 Å². The predicted octanol–water partition coefficient (Wildman–Crippen LogP) is 10.2. The van der Waals surface area contributed by atoms with Gasteiger partial charge in [-0.3, -0.25) is 0 Å². The van der Waals surface area contributed by atoms with Crippen LogP contribution in [-0.2, 0) is 5.41 Å². The highest BCUT2D eigenvalue weighted by Crippen LogP contribution is 2.53. The van der Waals surface area contributed by atoms with Gasteiger partial charge >= 0.3 is 0 Å². The Kier molecular flexibility index (Phi) is 5.57. The zero-order chi connectivity index (χ0) is 30.0. The van der Waals surface area contributed by atoms with Crippen LogP contribution in [-0.4, -0.2) is 9.55 Å². The van der Waals surface area contributed by atoms with E-state index >= 15 is 0 Å². The van der Waals surface area contributed by atoms with Crippen LogP contribution in [0.4, 0.5) is 5.69 Å². The summed E-state index contributed by atoms with van der Waals surface area (Å²) in [5.74, 6) is 0. The number of nitrogens with zero attached hydrogens (tertiary/aromatic N) is 4. The number of nitriles is 1. The van der Waals surface area contributed by atoms with Gasteiger partial charge in [0.05, 0.1) is 23.3 Å². The maximum absolute atomic E-state index is 9.92. The van der Waals surface area contributed by atoms with Crippen molar-refractivity contribution in [2.45, 2.75) is 19.3 Å². The number of fused-ring (bicyclic) bond motifs is 7. The molecule has 0 spiro atoms. The van der Waals surface area contributed by atoms with E-state index in [0.29, 0.717) is 16.9 Å². The maximum Gasteiger partial charge on any atom is 0.211 e. The minimum atomic E-state index is -0.169. The second-order valence-corrected chi connectivity index (χ2v) is 11.8. The Hall–Kier alpha value is -5.97. The Morgan fingerprint density at radius 3 is 2.32 bits per heavy atom. The molecule has 0 N–H and O–H groups in total. The Bertz CT molecular complexity index is 2380. The van der Waals surface area contributed by atoms with Gasteiger partial charge < -0.3 is 4.57 Å². The van der Waals surface area contributed by atoms with Gasteiger partial charge in [0.25, 0.3) is 0 Å². The lowest BCUT2D eigenvalue weighted by atomic mass is 9.80. The predicted molar refractivity (Wildman–Crippen MR) is 178 cm³/mol. The number of benzene rings is 5. The molecule has 2 heterocycles. The van der Waals surface area contributed by atoms with Crippen LogP contribution >= 0.6 is 0 Å². The van der Waals surface area contributed by atoms with Gasteiger partial charge in [-0.2, -0.15) is 5.26 Å². The van der Waals surface area contributed by atoms with E-state index in [2.05, 4.69) is 95.0 Å². The molecule has 0 atom stereocenters. The summed E-state index contributed by atoms with van der Waals surface area (Å²) < 4.78 is 2.23. The Labute approximate surface area is 255 Å². The van der Waals surface area contributed by atoms with Crippen molar-refractivity contribution in [3.63, 3.8) is 0 Å². The molecule has 4 heteroatoms. The number of pyridine rings is 1. The number of aromatic nitrogens is 2. The van der Waals surface area contributed by atoms with Crippen molar-refractivity contribution < 1.29 is 0 Å². The van der Waals surface area contributed by atoms with Gasteiger partial charge in [0.15, 0.2) is 0 Å². The summed E-state index contributed by atoms with van der Waals surface area (Å²) in [6, 6.07) is 41.8. The minimum Gasteiger partial charge on any atom is -0.319 e. The highest BCUT2D eigenvalue weighted by molar-refractivity contribution is 6.14.